The fourth-order valence-electron chi connectivity index (χ4n) is 2.49. The van der Waals surface area contributed by atoms with Gasteiger partial charge in [-0.3, -0.25) is 0 Å². The van der Waals surface area contributed by atoms with E-state index < -0.39 is 0 Å². The standard InChI is InChI=1S/C14H24N2O/c1-12(2)11-16-7-5-13(6-8-16)15-10-14-4-3-9-17-14/h3-4,9,12-13,15H,5-8,10-11H2,1-2H3. The Hall–Kier alpha value is -0.800. The van der Waals surface area contributed by atoms with Crippen LogP contribution in [0.4, 0.5) is 0 Å². The van der Waals surface area contributed by atoms with Gasteiger partial charge in [-0.2, -0.15) is 0 Å². The number of nitrogens with one attached hydrogen (secondary N) is 1. The molecule has 0 amide bonds. The largest absolute Gasteiger partial charge is 0.468 e. The van der Waals surface area contributed by atoms with Crippen LogP contribution < -0.4 is 5.32 Å². The van der Waals surface area contributed by atoms with Crippen LogP contribution in [-0.2, 0) is 6.54 Å². The molecule has 2 rings (SSSR count). The van der Waals surface area contributed by atoms with Gasteiger partial charge in [0.25, 0.3) is 0 Å². The lowest BCUT2D eigenvalue weighted by Crippen LogP contribution is -2.43. The predicted molar refractivity (Wildman–Crippen MR) is 69.8 cm³/mol. The zero-order valence-electron chi connectivity index (χ0n) is 11.0. The van der Waals surface area contributed by atoms with Crippen molar-refractivity contribution < 1.29 is 4.42 Å². The summed E-state index contributed by atoms with van der Waals surface area (Å²) in [4.78, 5) is 2.58. The molecule has 96 valence electrons. The molecule has 2 heterocycles. The highest BCUT2D eigenvalue weighted by Crippen LogP contribution is 2.12. The van der Waals surface area contributed by atoms with Gasteiger partial charge in [0.15, 0.2) is 0 Å². The zero-order valence-corrected chi connectivity index (χ0v) is 11.0. The predicted octanol–water partition coefficient (Wildman–Crippen LogP) is 2.49. The average Bonchev–Trinajstić information content (AvgIpc) is 2.80. The summed E-state index contributed by atoms with van der Waals surface area (Å²) in [6.45, 7) is 9.15. The molecule has 1 N–H and O–H groups in total. The van der Waals surface area contributed by atoms with E-state index in [-0.39, 0.29) is 0 Å². The van der Waals surface area contributed by atoms with Gasteiger partial charge < -0.3 is 14.6 Å². The maximum atomic E-state index is 5.33. The molecule has 3 heteroatoms. The van der Waals surface area contributed by atoms with E-state index in [1.165, 1.54) is 32.5 Å². The maximum Gasteiger partial charge on any atom is 0.117 e. The van der Waals surface area contributed by atoms with Crippen LogP contribution in [0.1, 0.15) is 32.4 Å². The number of likely N-dealkylation sites (tertiary alicyclic amines) is 1. The van der Waals surface area contributed by atoms with Crippen LogP contribution in [0.3, 0.4) is 0 Å². The lowest BCUT2D eigenvalue weighted by molar-refractivity contribution is 0.178. The van der Waals surface area contributed by atoms with E-state index in [9.17, 15) is 0 Å². The number of furan rings is 1. The first-order valence-corrected chi connectivity index (χ1v) is 6.72. The van der Waals surface area contributed by atoms with Crippen molar-refractivity contribution in [3.63, 3.8) is 0 Å². The Morgan fingerprint density at radius 2 is 2.18 bits per heavy atom. The average molecular weight is 236 g/mol. The molecule has 1 fully saturated rings. The molecule has 1 saturated heterocycles. The molecule has 1 aromatic rings. The molecule has 1 aromatic heterocycles. The van der Waals surface area contributed by atoms with E-state index in [1.54, 1.807) is 6.26 Å². The molecule has 0 aliphatic carbocycles. The van der Waals surface area contributed by atoms with Gasteiger partial charge in [-0.25, -0.2) is 0 Å². The van der Waals surface area contributed by atoms with Crippen LogP contribution in [-0.4, -0.2) is 30.6 Å². The van der Waals surface area contributed by atoms with E-state index in [1.807, 2.05) is 12.1 Å². The summed E-state index contributed by atoms with van der Waals surface area (Å²) >= 11 is 0. The summed E-state index contributed by atoms with van der Waals surface area (Å²) in [7, 11) is 0. The van der Waals surface area contributed by atoms with Crippen LogP contribution in [0.25, 0.3) is 0 Å². The van der Waals surface area contributed by atoms with Gasteiger partial charge in [-0.05, 0) is 44.0 Å². The summed E-state index contributed by atoms with van der Waals surface area (Å²) in [5.41, 5.74) is 0. The molecule has 1 aliphatic rings. The van der Waals surface area contributed by atoms with Crippen molar-refractivity contribution >= 4 is 0 Å². The van der Waals surface area contributed by atoms with Crippen LogP contribution in [0, 0.1) is 5.92 Å². The molecule has 1 aliphatic heterocycles. The summed E-state index contributed by atoms with van der Waals surface area (Å²) in [6, 6.07) is 4.63. The molecule has 0 unspecified atom stereocenters. The van der Waals surface area contributed by atoms with E-state index in [0.29, 0.717) is 6.04 Å². The van der Waals surface area contributed by atoms with Crippen molar-refractivity contribution in [3.8, 4) is 0 Å². The molecule has 0 radical (unpaired) electrons. The Balaban J connectivity index is 1.65. The van der Waals surface area contributed by atoms with Gasteiger partial charge in [0.05, 0.1) is 12.8 Å². The normalized spacial score (nSPS) is 19.0. The van der Waals surface area contributed by atoms with Crippen molar-refractivity contribution in [3.05, 3.63) is 24.2 Å². The highest BCUT2D eigenvalue weighted by molar-refractivity contribution is 4.98. The lowest BCUT2D eigenvalue weighted by atomic mass is 10.0. The zero-order chi connectivity index (χ0) is 12.1. The molecule has 17 heavy (non-hydrogen) atoms. The quantitative estimate of drug-likeness (QED) is 0.851. The lowest BCUT2D eigenvalue weighted by Gasteiger charge is -2.33. The Morgan fingerprint density at radius 3 is 2.76 bits per heavy atom. The first kappa shape index (κ1) is 12.7. The van der Waals surface area contributed by atoms with Gasteiger partial charge in [0, 0.05) is 12.6 Å². The first-order chi connectivity index (χ1) is 8.24. The van der Waals surface area contributed by atoms with Gasteiger partial charge in [0.2, 0.25) is 0 Å². The van der Waals surface area contributed by atoms with Crippen LogP contribution >= 0.6 is 0 Å². The second kappa shape index (κ2) is 6.22. The molecule has 3 nitrogen and oxygen atoms in total. The summed E-state index contributed by atoms with van der Waals surface area (Å²) < 4.78 is 5.33. The molecular weight excluding hydrogens is 212 g/mol. The second-order valence-corrected chi connectivity index (χ2v) is 5.43. The minimum Gasteiger partial charge on any atom is -0.468 e. The molecule has 0 aromatic carbocycles. The minimum absolute atomic E-state index is 0.656. The highest BCUT2D eigenvalue weighted by atomic mass is 16.3. The Morgan fingerprint density at radius 1 is 1.41 bits per heavy atom. The molecule has 0 bridgehead atoms. The van der Waals surface area contributed by atoms with Crippen molar-refractivity contribution in [2.75, 3.05) is 19.6 Å². The van der Waals surface area contributed by atoms with Crippen LogP contribution in [0.15, 0.2) is 22.8 Å². The summed E-state index contributed by atoms with van der Waals surface area (Å²) in [5, 5.41) is 3.58. The van der Waals surface area contributed by atoms with Crippen molar-refractivity contribution in [2.45, 2.75) is 39.3 Å². The number of hydrogen-bond donors (Lipinski definition) is 1. The smallest absolute Gasteiger partial charge is 0.117 e. The topological polar surface area (TPSA) is 28.4 Å². The Bertz CT molecular complexity index is 300. The third kappa shape index (κ3) is 4.17. The highest BCUT2D eigenvalue weighted by Gasteiger charge is 2.19. The van der Waals surface area contributed by atoms with E-state index in [4.69, 9.17) is 4.42 Å². The first-order valence-electron chi connectivity index (χ1n) is 6.72. The van der Waals surface area contributed by atoms with Crippen LogP contribution in [0.5, 0.6) is 0 Å². The summed E-state index contributed by atoms with van der Waals surface area (Å²) in [6.07, 6.45) is 4.25. The minimum atomic E-state index is 0.656. The van der Waals surface area contributed by atoms with E-state index >= 15 is 0 Å². The van der Waals surface area contributed by atoms with Crippen LogP contribution in [0.2, 0.25) is 0 Å². The van der Waals surface area contributed by atoms with Crippen molar-refractivity contribution in [2.24, 2.45) is 5.92 Å². The fraction of sp³-hybridized carbons (Fsp3) is 0.714. The number of hydrogen-bond acceptors (Lipinski definition) is 3. The van der Waals surface area contributed by atoms with Gasteiger partial charge >= 0.3 is 0 Å². The maximum absolute atomic E-state index is 5.33. The van der Waals surface area contributed by atoms with Crippen molar-refractivity contribution in [1.29, 1.82) is 0 Å². The molecular formula is C14H24N2O. The van der Waals surface area contributed by atoms with Crippen molar-refractivity contribution in [1.82, 2.24) is 10.2 Å². The molecule has 0 spiro atoms. The number of rotatable bonds is 5. The second-order valence-electron chi connectivity index (χ2n) is 5.43. The monoisotopic (exact) mass is 236 g/mol. The third-order valence-electron chi connectivity index (χ3n) is 3.36. The third-order valence-corrected chi connectivity index (χ3v) is 3.36. The van der Waals surface area contributed by atoms with E-state index in [2.05, 4.69) is 24.1 Å². The number of piperidine rings is 1. The Labute approximate surface area is 104 Å². The van der Waals surface area contributed by atoms with Gasteiger partial charge in [-0.15, -0.1) is 0 Å². The Kier molecular flexibility index (Phi) is 4.63. The van der Waals surface area contributed by atoms with Gasteiger partial charge in [0.1, 0.15) is 5.76 Å². The SMILES string of the molecule is CC(C)CN1CCC(NCc2ccco2)CC1. The van der Waals surface area contributed by atoms with E-state index in [0.717, 1.165) is 18.2 Å². The molecule has 0 atom stereocenters. The fourth-order valence-corrected chi connectivity index (χ4v) is 2.49. The molecule has 0 saturated carbocycles. The van der Waals surface area contributed by atoms with Gasteiger partial charge in [-0.1, -0.05) is 13.8 Å². The summed E-state index contributed by atoms with van der Waals surface area (Å²) in [5.74, 6) is 1.82. The number of nitrogens with zero attached hydrogens (tertiary/aromatic N) is 1.